The summed E-state index contributed by atoms with van der Waals surface area (Å²) < 4.78 is 5.19. The van der Waals surface area contributed by atoms with Gasteiger partial charge in [0, 0.05) is 13.1 Å². The Morgan fingerprint density at radius 3 is 3.12 bits per heavy atom. The fraction of sp³-hybridized carbons (Fsp3) is 0.615. The van der Waals surface area contributed by atoms with Crippen molar-refractivity contribution in [2.24, 2.45) is 5.92 Å². The SMILES string of the molecule is CNCC1CCCN(C(=O)c2coc(C)c2)C1. The van der Waals surface area contributed by atoms with E-state index >= 15 is 0 Å². The van der Waals surface area contributed by atoms with E-state index in [4.69, 9.17) is 4.42 Å². The normalized spacial score (nSPS) is 20.6. The second-order valence-corrected chi connectivity index (χ2v) is 4.76. The summed E-state index contributed by atoms with van der Waals surface area (Å²) in [5, 5.41) is 3.18. The molecule has 17 heavy (non-hydrogen) atoms. The van der Waals surface area contributed by atoms with Gasteiger partial charge in [-0.1, -0.05) is 0 Å². The number of likely N-dealkylation sites (tertiary alicyclic amines) is 1. The summed E-state index contributed by atoms with van der Waals surface area (Å²) in [5.74, 6) is 1.46. The molecule has 0 aliphatic carbocycles. The zero-order chi connectivity index (χ0) is 12.3. The van der Waals surface area contributed by atoms with Crippen LogP contribution in [0.15, 0.2) is 16.7 Å². The molecule has 2 rings (SSSR count). The lowest BCUT2D eigenvalue weighted by Crippen LogP contribution is -2.42. The Hall–Kier alpha value is -1.29. The van der Waals surface area contributed by atoms with Crippen molar-refractivity contribution in [1.29, 1.82) is 0 Å². The summed E-state index contributed by atoms with van der Waals surface area (Å²) in [7, 11) is 1.96. The van der Waals surface area contributed by atoms with Crippen LogP contribution >= 0.6 is 0 Å². The van der Waals surface area contributed by atoms with E-state index in [-0.39, 0.29) is 5.91 Å². The molecule has 1 N–H and O–H groups in total. The maximum absolute atomic E-state index is 12.2. The highest BCUT2D eigenvalue weighted by Gasteiger charge is 2.24. The van der Waals surface area contributed by atoms with Crippen molar-refractivity contribution in [3.05, 3.63) is 23.7 Å². The van der Waals surface area contributed by atoms with E-state index in [0.717, 1.165) is 31.8 Å². The van der Waals surface area contributed by atoms with Gasteiger partial charge in [-0.3, -0.25) is 4.79 Å². The minimum Gasteiger partial charge on any atom is -0.469 e. The first-order valence-corrected chi connectivity index (χ1v) is 6.19. The Labute approximate surface area is 102 Å². The van der Waals surface area contributed by atoms with Crippen molar-refractivity contribution in [2.75, 3.05) is 26.7 Å². The Morgan fingerprint density at radius 2 is 2.47 bits per heavy atom. The third kappa shape index (κ3) is 2.88. The van der Waals surface area contributed by atoms with Gasteiger partial charge in [0.15, 0.2) is 0 Å². The molecule has 4 heteroatoms. The smallest absolute Gasteiger partial charge is 0.257 e. The lowest BCUT2D eigenvalue weighted by Gasteiger charge is -2.32. The van der Waals surface area contributed by atoms with Gasteiger partial charge in [-0.15, -0.1) is 0 Å². The Balaban J connectivity index is 1.99. The average Bonchev–Trinajstić information content (AvgIpc) is 2.76. The molecule has 0 spiro atoms. The van der Waals surface area contributed by atoms with Crippen molar-refractivity contribution >= 4 is 5.91 Å². The number of furan rings is 1. The van der Waals surface area contributed by atoms with E-state index in [2.05, 4.69) is 5.32 Å². The van der Waals surface area contributed by atoms with Gasteiger partial charge in [-0.2, -0.15) is 0 Å². The number of piperidine rings is 1. The van der Waals surface area contributed by atoms with E-state index < -0.39 is 0 Å². The van der Waals surface area contributed by atoms with Crippen LogP contribution in [0.3, 0.4) is 0 Å². The Bertz CT molecular complexity index is 385. The van der Waals surface area contributed by atoms with E-state index in [1.54, 1.807) is 6.26 Å². The third-order valence-corrected chi connectivity index (χ3v) is 3.28. The highest BCUT2D eigenvalue weighted by molar-refractivity contribution is 5.94. The topological polar surface area (TPSA) is 45.5 Å². The van der Waals surface area contributed by atoms with Crippen molar-refractivity contribution in [1.82, 2.24) is 10.2 Å². The predicted molar refractivity (Wildman–Crippen MR) is 66.0 cm³/mol. The van der Waals surface area contributed by atoms with Crippen LogP contribution in [0.25, 0.3) is 0 Å². The van der Waals surface area contributed by atoms with E-state index in [1.807, 2.05) is 24.9 Å². The minimum absolute atomic E-state index is 0.0997. The molecule has 2 heterocycles. The molecule has 0 aromatic carbocycles. The van der Waals surface area contributed by atoms with Crippen LogP contribution < -0.4 is 5.32 Å². The number of carbonyl (C=O) groups excluding carboxylic acids is 1. The van der Waals surface area contributed by atoms with Gasteiger partial charge >= 0.3 is 0 Å². The molecule has 1 aliphatic rings. The predicted octanol–water partition coefficient (Wildman–Crippen LogP) is 1.66. The first-order valence-electron chi connectivity index (χ1n) is 6.19. The van der Waals surface area contributed by atoms with Gasteiger partial charge < -0.3 is 14.6 Å². The van der Waals surface area contributed by atoms with Gasteiger partial charge in [0.2, 0.25) is 0 Å². The monoisotopic (exact) mass is 236 g/mol. The molecule has 1 amide bonds. The van der Waals surface area contributed by atoms with Crippen molar-refractivity contribution in [2.45, 2.75) is 19.8 Å². The number of carbonyl (C=O) groups is 1. The highest BCUT2D eigenvalue weighted by Crippen LogP contribution is 2.18. The molecule has 1 unspecified atom stereocenters. The van der Waals surface area contributed by atoms with E-state index in [0.29, 0.717) is 11.5 Å². The maximum atomic E-state index is 12.2. The van der Waals surface area contributed by atoms with Crippen molar-refractivity contribution < 1.29 is 9.21 Å². The number of amides is 1. The zero-order valence-electron chi connectivity index (χ0n) is 10.5. The van der Waals surface area contributed by atoms with Crippen molar-refractivity contribution in [3.63, 3.8) is 0 Å². The minimum atomic E-state index is 0.0997. The average molecular weight is 236 g/mol. The first kappa shape index (κ1) is 12.2. The quantitative estimate of drug-likeness (QED) is 0.868. The summed E-state index contributed by atoms with van der Waals surface area (Å²) in [6.07, 6.45) is 3.85. The molecule has 0 saturated carbocycles. The number of nitrogens with zero attached hydrogens (tertiary/aromatic N) is 1. The fourth-order valence-corrected chi connectivity index (χ4v) is 2.44. The number of aryl methyl sites for hydroxylation is 1. The van der Waals surface area contributed by atoms with E-state index in [1.165, 1.54) is 6.42 Å². The standard InChI is InChI=1S/C13H20N2O2/c1-10-6-12(9-17-10)13(16)15-5-3-4-11(8-15)7-14-2/h6,9,11,14H,3-5,7-8H2,1-2H3. The molecule has 1 aliphatic heterocycles. The molecule has 0 radical (unpaired) electrons. The summed E-state index contributed by atoms with van der Waals surface area (Å²) in [6, 6.07) is 1.81. The second kappa shape index (κ2) is 5.36. The molecule has 94 valence electrons. The van der Waals surface area contributed by atoms with Crippen LogP contribution in [-0.2, 0) is 0 Å². The van der Waals surface area contributed by atoms with Gasteiger partial charge in [0.05, 0.1) is 5.56 Å². The number of rotatable bonds is 3. The lowest BCUT2D eigenvalue weighted by atomic mass is 9.97. The van der Waals surface area contributed by atoms with Gasteiger partial charge in [-0.05, 0) is 45.3 Å². The van der Waals surface area contributed by atoms with Crippen LogP contribution in [0.5, 0.6) is 0 Å². The number of hydrogen-bond donors (Lipinski definition) is 1. The Kier molecular flexibility index (Phi) is 3.84. The maximum Gasteiger partial charge on any atom is 0.257 e. The van der Waals surface area contributed by atoms with Crippen LogP contribution in [0, 0.1) is 12.8 Å². The molecular formula is C13H20N2O2. The zero-order valence-corrected chi connectivity index (χ0v) is 10.5. The summed E-state index contributed by atoms with van der Waals surface area (Å²) in [4.78, 5) is 14.1. The molecule has 1 atom stereocenters. The van der Waals surface area contributed by atoms with Crippen LogP contribution in [-0.4, -0.2) is 37.5 Å². The molecular weight excluding hydrogens is 216 g/mol. The number of hydrogen-bond acceptors (Lipinski definition) is 3. The number of nitrogens with one attached hydrogen (secondary N) is 1. The second-order valence-electron chi connectivity index (χ2n) is 4.76. The van der Waals surface area contributed by atoms with Gasteiger partial charge in [0.1, 0.15) is 12.0 Å². The molecule has 1 saturated heterocycles. The molecule has 1 fully saturated rings. The van der Waals surface area contributed by atoms with Crippen molar-refractivity contribution in [3.8, 4) is 0 Å². The lowest BCUT2D eigenvalue weighted by molar-refractivity contribution is 0.0673. The largest absolute Gasteiger partial charge is 0.469 e. The molecule has 0 bridgehead atoms. The highest BCUT2D eigenvalue weighted by atomic mass is 16.3. The van der Waals surface area contributed by atoms with Gasteiger partial charge in [-0.25, -0.2) is 0 Å². The van der Waals surface area contributed by atoms with E-state index in [9.17, 15) is 4.79 Å². The first-order chi connectivity index (χ1) is 8.20. The van der Waals surface area contributed by atoms with Crippen LogP contribution in [0.4, 0.5) is 0 Å². The van der Waals surface area contributed by atoms with Gasteiger partial charge in [0.25, 0.3) is 5.91 Å². The van der Waals surface area contributed by atoms with Crippen LogP contribution in [0.2, 0.25) is 0 Å². The molecule has 1 aromatic heterocycles. The molecule has 4 nitrogen and oxygen atoms in total. The summed E-state index contributed by atoms with van der Waals surface area (Å²) >= 11 is 0. The molecule has 1 aromatic rings. The fourth-order valence-electron chi connectivity index (χ4n) is 2.44. The van der Waals surface area contributed by atoms with Crippen LogP contribution in [0.1, 0.15) is 29.0 Å². The third-order valence-electron chi connectivity index (χ3n) is 3.28. The summed E-state index contributed by atoms with van der Waals surface area (Å²) in [5.41, 5.74) is 0.674. The Morgan fingerprint density at radius 1 is 1.65 bits per heavy atom. The summed E-state index contributed by atoms with van der Waals surface area (Å²) in [6.45, 7) is 4.55.